The molecule has 0 unspecified atom stereocenters. The summed E-state index contributed by atoms with van der Waals surface area (Å²) in [6.07, 6.45) is -3.23. The molecule has 0 heterocycles. The molecule has 1 fully saturated rings. The van der Waals surface area contributed by atoms with Gasteiger partial charge in [-0.25, -0.2) is 0 Å². The lowest BCUT2D eigenvalue weighted by atomic mass is 9.99. The number of Topliss-reactive ketones (excluding diaryl/α,β-unsaturated/α-hetero) is 1. The fourth-order valence-electron chi connectivity index (χ4n) is 1.76. The van der Waals surface area contributed by atoms with E-state index in [1.807, 2.05) is 6.07 Å². The predicted molar refractivity (Wildman–Crippen MR) is 53.2 cm³/mol. The van der Waals surface area contributed by atoms with Crippen LogP contribution in [0, 0.1) is 0 Å². The molecular weight excluding hydrogens is 217 g/mol. The van der Waals surface area contributed by atoms with E-state index in [-0.39, 0.29) is 0 Å². The van der Waals surface area contributed by atoms with E-state index in [1.54, 1.807) is 18.2 Å². The third-order valence-electron chi connectivity index (χ3n) is 2.74. The minimum atomic E-state index is -4.73. The van der Waals surface area contributed by atoms with Crippen LogP contribution in [0.4, 0.5) is 13.2 Å². The molecule has 86 valence electrons. The molecule has 0 amide bonds. The summed E-state index contributed by atoms with van der Waals surface area (Å²) >= 11 is 0. The monoisotopic (exact) mass is 228 g/mol. The van der Waals surface area contributed by atoms with E-state index in [9.17, 15) is 18.0 Å². The van der Waals surface area contributed by atoms with Gasteiger partial charge in [0.2, 0.25) is 5.78 Å². The highest BCUT2D eigenvalue weighted by Gasteiger charge is 2.38. The van der Waals surface area contributed by atoms with Gasteiger partial charge in [-0.3, -0.25) is 4.79 Å². The molecule has 2 rings (SSSR count). The molecule has 0 aromatic heterocycles. The Morgan fingerprint density at radius 3 is 2.44 bits per heavy atom. The highest BCUT2D eigenvalue weighted by molar-refractivity contribution is 5.86. The Morgan fingerprint density at radius 2 is 1.88 bits per heavy atom. The van der Waals surface area contributed by atoms with Gasteiger partial charge in [-0.05, 0) is 29.9 Å². The number of carbonyl (C=O) groups is 1. The van der Waals surface area contributed by atoms with Crippen LogP contribution in [0.15, 0.2) is 24.3 Å². The smallest absolute Gasteiger partial charge is 0.289 e. The molecule has 1 aromatic carbocycles. The minimum absolute atomic E-state index is 0.359. The summed E-state index contributed by atoms with van der Waals surface area (Å²) in [5.41, 5.74) is 1.42. The van der Waals surface area contributed by atoms with Gasteiger partial charge in [-0.1, -0.05) is 24.3 Å². The molecule has 0 N–H and O–H groups in total. The first-order valence-electron chi connectivity index (χ1n) is 5.16. The van der Waals surface area contributed by atoms with Crippen molar-refractivity contribution in [1.82, 2.24) is 0 Å². The molecule has 1 aliphatic rings. The van der Waals surface area contributed by atoms with Gasteiger partial charge in [0.15, 0.2) is 0 Å². The van der Waals surface area contributed by atoms with E-state index in [0.717, 1.165) is 18.4 Å². The van der Waals surface area contributed by atoms with Gasteiger partial charge in [-0.15, -0.1) is 0 Å². The third-order valence-corrected chi connectivity index (χ3v) is 2.74. The second-order valence-electron chi connectivity index (χ2n) is 4.07. The molecule has 16 heavy (non-hydrogen) atoms. The zero-order valence-corrected chi connectivity index (χ0v) is 8.55. The second-order valence-corrected chi connectivity index (χ2v) is 4.07. The lowest BCUT2D eigenvalue weighted by Gasteiger charge is -2.09. The largest absolute Gasteiger partial charge is 0.450 e. The molecular formula is C12H11F3O. The molecule has 0 saturated heterocycles. The summed E-state index contributed by atoms with van der Waals surface area (Å²) in [6, 6.07) is 6.90. The van der Waals surface area contributed by atoms with Crippen LogP contribution in [0.1, 0.15) is 29.9 Å². The normalized spacial score (nSPS) is 16.2. The van der Waals surface area contributed by atoms with Gasteiger partial charge in [0.05, 0.1) is 0 Å². The van der Waals surface area contributed by atoms with Crippen LogP contribution >= 0.6 is 0 Å². The molecule has 1 nitrogen and oxygen atoms in total. The predicted octanol–water partition coefficient (Wildman–Crippen LogP) is 3.24. The Labute approximate surface area is 91.3 Å². The SMILES string of the molecule is O=C(Cc1ccccc1C1CC1)C(F)(F)F. The zero-order valence-electron chi connectivity index (χ0n) is 8.55. The molecule has 0 aliphatic heterocycles. The Bertz CT molecular complexity index is 405. The van der Waals surface area contributed by atoms with Crippen molar-refractivity contribution < 1.29 is 18.0 Å². The first kappa shape index (κ1) is 11.2. The maximum Gasteiger partial charge on any atom is 0.450 e. The third kappa shape index (κ3) is 2.43. The molecule has 0 bridgehead atoms. The average Bonchev–Trinajstić information content (AvgIpc) is 3.00. The van der Waals surface area contributed by atoms with Crippen LogP contribution in [-0.4, -0.2) is 12.0 Å². The van der Waals surface area contributed by atoms with Crippen molar-refractivity contribution in [2.24, 2.45) is 0 Å². The van der Waals surface area contributed by atoms with Crippen LogP contribution in [0.5, 0.6) is 0 Å². The summed E-state index contributed by atoms with van der Waals surface area (Å²) in [5, 5.41) is 0. The number of ketones is 1. The van der Waals surface area contributed by atoms with Crippen molar-refractivity contribution in [2.45, 2.75) is 31.4 Å². The number of benzene rings is 1. The van der Waals surface area contributed by atoms with Crippen molar-refractivity contribution in [3.63, 3.8) is 0 Å². The Morgan fingerprint density at radius 1 is 1.25 bits per heavy atom. The maximum absolute atomic E-state index is 12.1. The van der Waals surface area contributed by atoms with Gasteiger partial charge < -0.3 is 0 Å². The van der Waals surface area contributed by atoms with E-state index in [1.165, 1.54) is 0 Å². The topological polar surface area (TPSA) is 17.1 Å². The van der Waals surface area contributed by atoms with E-state index in [0.29, 0.717) is 11.5 Å². The summed E-state index contributed by atoms with van der Waals surface area (Å²) in [7, 11) is 0. The first-order valence-corrected chi connectivity index (χ1v) is 5.16. The van der Waals surface area contributed by atoms with E-state index in [2.05, 4.69) is 0 Å². The van der Waals surface area contributed by atoms with Gasteiger partial charge in [0.25, 0.3) is 0 Å². The van der Waals surface area contributed by atoms with Gasteiger partial charge in [0.1, 0.15) is 0 Å². The summed E-state index contributed by atoms with van der Waals surface area (Å²) in [5.74, 6) is -1.31. The second kappa shape index (κ2) is 3.92. The van der Waals surface area contributed by atoms with Gasteiger partial charge in [-0.2, -0.15) is 13.2 Å². The number of hydrogen-bond donors (Lipinski definition) is 0. The highest BCUT2D eigenvalue weighted by atomic mass is 19.4. The quantitative estimate of drug-likeness (QED) is 0.776. The number of halogens is 3. The first-order chi connectivity index (χ1) is 7.48. The van der Waals surface area contributed by atoms with E-state index >= 15 is 0 Å². The van der Waals surface area contributed by atoms with Crippen LogP contribution in [0.25, 0.3) is 0 Å². The Kier molecular flexibility index (Phi) is 2.74. The van der Waals surface area contributed by atoms with E-state index < -0.39 is 18.4 Å². The summed E-state index contributed by atoms with van der Waals surface area (Å²) in [6.45, 7) is 0. The fourth-order valence-corrected chi connectivity index (χ4v) is 1.76. The average molecular weight is 228 g/mol. The molecule has 1 aromatic rings. The zero-order chi connectivity index (χ0) is 11.8. The molecule has 0 radical (unpaired) electrons. The van der Waals surface area contributed by atoms with Crippen molar-refractivity contribution in [3.8, 4) is 0 Å². The van der Waals surface area contributed by atoms with Crippen LogP contribution < -0.4 is 0 Å². The van der Waals surface area contributed by atoms with Gasteiger partial charge in [0, 0.05) is 6.42 Å². The molecule has 0 spiro atoms. The number of carbonyl (C=O) groups excluding carboxylic acids is 1. The van der Waals surface area contributed by atoms with Crippen molar-refractivity contribution >= 4 is 5.78 Å². The Balaban J connectivity index is 2.18. The lowest BCUT2D eigenvalue weighted by Crippen LogP contribution is -2.24. The van der Waals surface area contributed by atoms with Crippen LogP contribution in [0.3, 0.4) is 0 Å². The maximum atomic E-state index is 12.1. The molecule has 0 atom stereocenters. The van der Waals surface area contributed by atoms with Crippen LogP contribution in [-0.2, 0) is 11.2 Å². The molecule has 1 aliphatic carbocycles. The van der Waals surface area contributed by atoms with Crippen molar-refractivity contribution in [2.75, 3.05) is 0 Å². The number of hydrogen-bond acceptors (Lipinski definition) is 1. The van der Waals surface area contributed by atoms with Gasteiger partial charge >= 0.3 is 6.18 Å². The van der Waals surface area contributed by atoms with Crippen molar-refractivity contribution in [1.29, 1.82) is 0 Å². The van der Waals surface area contributed by atoms with Crippen molar-refractivity contribution in [3.05, 3.63) is 35.4 Å². The minimum Gasteiger partial charge on any atom is -0.289 e. The summed E-state index contributed by atoms with van der Waals surface area (Å²) < 4.78 is 36.4. The Hall–Kier alpha value is -1.32. The fraction of sp³-hybridized carbons (Fsp3) is 0.417. The number of alkyl halides is 3. The summed E-state index contributed by atoms with van der Waals surface area (Å²) in [4.78, 5) is 10.9. The van der Waals surface area contributed by atoms with Crippen LogP contribution in [0.2, 0.25) is 0 Å². The standard InChI is InChI=1S/C12H11F3O/c13-12(14,15)11(16)7-9-3-1-2-4-10(9)8-5-6-8/h1-4,8H,5-7H2. The lowest BCUT2D eigenvalue weighted by molar-refractivity contribution is -0.170. The van der Waals surface area contributed by atoms with E-state index in [4.69, 9.17) is 0 Å². The highest BCUT2D eigenvalue weighted by Crippen LogP contribution is 2.41. The number of rotatable bonds is 3. The molecule has 1 saturated carbocycles. The molecule has 4 heteroatoms.